The molecule has 0 saturated heterocycles. The average molecular weight is 332 g/mol. The molecule has 0 fully saturated rings. The molecule has 0 spiro atoms. The zero-order valence-electron chi connectivity index (χ0n) is 12.8. The summed E-state index contributed by atoms with van der Waals surface area (Å²) in [5.74, 6) is 0. The molecule has 120 valence electrons. The summed E-state index contributed by atoms with van der Waals surface area (Å²) in [4.78, 5) is 0.253. The highest BCUT2D eigenvalue weighted by atomic mass is 32.2. The van der Waals surface area contributed by atoms with E-state index in [1.165, 1.54) is 0 Å². The summed E-state index contributed by atoms with van der Waals surface area (Å²) in [7, 11) is -4.49. The van der Waals surface area contributed by atoms with Crippen LogP contribution in [0.5, 0.6) is 0 Å². The van der Waals surface area contributed by atoms with Gasteiger partial charge in [0.15, 0.2) is 0 Å². The van der Waals surface area contributed by atoms with Crippen molar-refractivity contribution in [2.75, 3.05) is 24.7 Å². The quantitative estimate of drug-likeness (QED) is 0.725. The minimum Gasteiger partial charge on any atom is -0.384 e. The van der Waals surface area contributed by atoms with E-state index in [4.69, 9.17) is 0 Å². The van der Waals surface area contributed by atoms with E-state index < -0.39 is 20.8 Å². The normalized spacial score (nSPS) is 14.6. The van der Waals surface area contributed by atoms with Crippen molar-refractivity contribution in [2.24, 2.45) is 0 Å². The van der Waals surface area contributed by atoms with E-state index in [1.807, 2.05) is 13.8 Å². The molecule has 2 N–H and O–H groups in total. The zero-order valence-corrected chi connectivity index (χ0v) is 14.4. The Morgan fingerprint density at radius 2 is 1.90 bits per heavy atom. The molecule has 7 heteroatoms. The molecule has 5 nitrogen and oxygen atoms in total. The predicted octanol–water partition coefficient (Wildman–Crippen LogP) is 1.94. The van der Waals surface area contributed by atoms with Crippen molar-refractivity contribution in [3.63, 3.8) is 0 Å². The number of benzene rings is 1. The highest BCUT2D eigenvalue weighted by Gasteiger charge is 2.18. The minimum atomic E-state index is -3.55. The minimum absolute atomic E-state index is 0.0267. The van der Waals surface area contributed by atoms with Gasteiger partial charge in [-0.15, -0.1) is 0 Å². The molecule has 0 aliphatic heterocycles. The third-order valence-electron chi connectivity index (χ3n) is 3.15. The Morgan fingerprint density at radius 3 is 2.52 bits per heavy atom. The van der Waals surface area contributed by atoms with Crippen LogP contribution in [0, 0.1) is 0 Å². The van der Waals surface area contributed by atoms with Gasteiger partial charge in [0.25, 0.3) is 0 Å². The lowest BCUT2D eigenvalue weighted by molar-refractivity contribution is 0.578. The lowest BCUT2D eigenvalue weighted by atomic mass is 10.3. The maximum absolute atomic E-state index is 12.3. The van der Waals surface area contributed by atoms with E-state index >= 15 is 0 Å². The van der Waals surface area contributed by atoms with E-state index in [2.05, 4.69) is 10.0 Å². The topological polar surface area (TPSA) is 75.3 Å². The predicted molar refractivity (Wildman–Crippen MR) is 88.6 cm³/mol. The van der Waals surface area contributed by atoms with Gasteiger partial charge in [0.2, 0.25) is 10.0 Å². The molecule has 0 aliphatic carbocycles. The summed E-state index contributed by atoms with van der Waals surface area (Å²) >= 11 is 0. The number of sulfonamides is 1. The van der Waals surface area contributed by atoms with Crippen LogP contribution >= 0.6 is 0 Å². The summed E-state index contributed by atoms with van der Waals surface area (Å²) in [5.41, 5.74) is 0.610. The SMILES string of the molecule is CCCNc1ccccc1S(=O)(=O)NCCC(C)S(C)=O. The maximum Gasteiger partial charge on any atom is 0.242 e. The van der Waals surface area contributed by atoms with Crippen LogP contribution in [0.2, 0.25) is 0 Å². The molecule has 2 atom stereocenters. The van der Waals surface area contributed by atoms with Crippen molar-refractivity contribution in [1.29, 1.82) is 0 Å². The fourth-order valence-electron chi connectivity index (χ4n) is 1.75. The van der Waals surface area contributed by atoms with Gasteiger partial charge in [-0.25, -0.2) is 13.1 Å². The second-order valence-electron chi connectivity index (χ2n) is 4.92. The number of hydrogen-bond donors (Lipinski definition) is 2. The molecule has 2 unspecified atom stereocenters. The first kappa shape index (κ1) is 18.1. The van der Waals surface area contributed by atoms with Gasteiger partial charge in [0, 0.05) is 35.4 Å². The van der Waals surface area contributed by atoms with Crippen LogP contribution < -0.4 is 10.0 Å². The summed E-state index contributed by atoms with van der Waals surface area (Å²) in [6.45, 7) is 4.87. The summed E-state index contributed by atoms with van der Waals surface area (Å²) in [6.07, 6.45) is 3.09. The van der Waals surface area contributed by atoms with Crippen molar-refractivity contribution in [3.05, 3.63) is 24.3 Å². The highest BCUT2D eigenvalue weighted by Crippen LogP contribution is 2.20. The number of anilines is 1. The molecule has 1 aromatic carbocycles. The molecule has 0 amide bonds. The summed E-state index contributed by atoms with van der Waals surface area (Å²) in [6, 6.07) is 6.85. The molecule has 0 radical (unpaired) electrons. The first-order valence-electron chi connectivity index (χ1n) is 7.03. The molecule has 0 heterocycles. The zero-order chi connectivity index (χ0) is 15.9. The van der Waals surface area contributed by atoms with Crippen LogP contribution in [0.1, 0.15) is 26.7 Å². The van der Waals surface area contributed by atoms with Gasteiger partial charge in [-0.3, -0.25) is 4.21 Å². The van der Waals surface area contributed by atoms with Gasteiger partial charge in [-0.05, 0) is 25.0 Å². The third-order valence-corrected chi connectivity index (χ3v) is 6.04. The first-order chi connectivity index (χ1) is 9.88. The number of nitrogens with one attached hydrogen (secondary N) is 2. The van der Waals surface area contributed by atoms with Gasteiger partial charge >= 0.3 is 0 Å². The van der Waals surface area contributed by atoms with Gasteiger partial charge in [0.1, 0.15) is 4.90 Å². The fraction of sp³-hybridized carbons (Fsp3) is 0.571. The van der Waals surface area contributed by atoms with Crippen molar-refractivity contribution in [2.45, 2.75) is 36.8 Å². The Hall–Kier alpha value is -0.920. The van der Waals surface area contributed by atoms with Crippen LogP contribution in [0.15, 0.2) is 29.2 Å². The molecule has 0 aromatic heterocycles. The summed E-state index contributed by atoms with van der Waals surface area (Å²) in [5, 5.41) is 3.09. The van der Waals surface area contributed by atoms with Gasteiger partial charge in [-0.1, -0.05) is 26.0 Å². The average Bonchev–Trinajstić information content (AvgIpc) is 2.45. The number of rotatable bonds is 9. The van der Waals surface area contributed by atoms with Crippen LogP contribution in [0.3, 0.4) is 0 Å². The second kappa shape index (κ2) is 8.51. The number of hydrogen-bond acceptors (Lipinski definition) is 4. The molecule has 21 heavy (non-hydrogen) atoms. The Balaban J connectivity index is 2.76. The van der Waals surface area contributed by atoms with E-state index in [9.17, 15) is 12.6 Å². The monoisotopic (exact) mass is 332 g/mol. The van der Waals surface area contributed by atoms with Crippen molar-refractivity contribution in [3.8, 4) is 0 Å². The van der Waals surface area contributed by atoms with E-state index in [0.717, 1.165) is 13.0 Å². The van der Waals surface area contributed by atoms with Crippen LogP contribution in [0.25, 0.3) is 0 Å². The smallest absolute Gasteiger partial charge is 0.242 e. The molecular formula is C14H24N2O3S2. The highest BCUT2D eigenvalue weighted by molar-refractivity contribution is 7.89. The fourth-order valence-corrected chi connectivity index (χ4v) is 3.43. The Morgan fingerprint density at radius 1 is 1.24 bits per heavy atom. The number of para-hydroxylation sites is 1. The molecule has 0 saturated carbocycles. The van der Waals surface area contributed by atoms with Crippen molar-refractivity contribution in [1.82, 2.24) is 4.72 Å². The lowest BCUT2D eigenvalue weighted by Gasteiger charge is -2.13. The van der Waals surface area contributed by atoms with Gasteiger partial charge < -0.3 is 5.32 Å². The Kier molecular flexibility index (Phi) is 7.34. The van der Waals surface area contributed by atoms with Gasteiger partial charge in [-0.2, -0.15) is 0 Å². The van der Waals surface area contributed by atoms with Crippen LogP contribution in [-0.4, -0.2) is 37.2 Å². The molecule has 1 aromatic rings. The summed E-state index contributed by atoms with van der Waals surface area (Å²) < 4.78 is 38.5. The molecule has 0 aliphatic rings. The van der Waals surface area contributed by atoms with Crippen molar-refractivity contribution < 1.29 is 12.6 Å². The van der Waals surface area contributed by atoms with Crippen LogP contribution in [-0.2, 0) is 20.8 Å². The van der Waals surface area contributed by atoms with E-state index in [-0.39, 0.29) is 16.7 Å². The lowest BCUT2D eigenvalue weighted by Crippen LogP contribution is -2.28. The van der Waals surface area contributed by atoms with E-state index in [1.54, 1.807) is 30.5 Å². The van der Waals surface area contributed by atoms with Gasteiger partial charge in [0.05, 0.1) is 5.69 Å². The molecule has 1 rings (SSSR count). The Labute approximate surface area is 130 Å². The van der Waals surface area contributed by atoms with E-state index in [0.29, 0.717) is 12.1 Å². The molecule has 0 bridgehead atoms. The maximum atomic E-state index is 12.3. The van der Waals surface area contributed by atoms with Crippen molar-refractivity contribution >= 4 is 26.5 Å². The van der Waals surface area contributed by atoms with Crippen LogP contribution in [0.4, 0.5) is 5.69 Å². The third kappa shape index (κ3) is 5.76. The first-order valence-corrected chi connectivity index (χ1v) is 10.1. The largest absolute Gasteiger partial charge is 0.384 e. The Bertz CT molecular complexity index is 573. The molecular weight excluding hydrogens is 308 g/mol. The second-order valence-corrected chi connectivity index (χ2v) is 8.46. The standard InChI is InChI=1S/C14H24N2O3S2/c1-4-10-15-13-7-5-6-8-14(13)21(18,19)16-11-9-12(2)20(3)17/h5-8,12,15-16H,4,9-11H2,1-3H3.